The molecule has 0 bridgehead atoms. The molecule has 0 spiro atoms. The minimum atomic E-state index is -4.51. The maximum atomic E-state index is 12.8. The molecule has 1 aromatic carbocycles. The van der Waals surface area contributed by atoms with E-state index in [0.29, 0.717) is 0 Å². The van der Waals surface area contributed by atoms with E-state index < -0.39 is 17.8 Å². The van der Waals surface area contributed by atoms with Crippen LogP contribution in [0.15, 0.2) is 28.9 Å². The van der Waals surface area contributed by atoms with Crippen molar-refractivity contribution < 1.29 is 18.3 Å². The number of aliphatic hydroxyl groups excluding tert-OH is 1. The highest BCUT2D eigenvalue weighted by molar-refractivity contribution is 9.10. The lowest BCUT2D eigenvalue weighted by Crippen LogP contribution is -2.11. The third-order valence-corrected chi connectivity index (χ3v) is 3.79. The van der Waals surface area contributed by atoms with Crippen molar-refractivity contribution >= 4 is 27.5 Å². The summed E-state index contributed by atoms with van der Waals surface area (Å²) < 4.78 is 39.7. The summed E-state index contributed by atoms with van der Waals surface area (Å²) in [5.74, 6) is 0. The number of benzene rings is 1. The number of hydrogen-bond donors (Lipinski definition) is 1. The van der Waals surface area contributed by atoms with Crippen LogP contribution >= 0.6 is 27.5 Å². The molecule has 1 aromatic heterocycles. The monoisotopic (exact) mass is 368 g/mol. The van der Waals surface area contributed by atoms with Crippen molar-refractivity contribution in [1.82, 2.24) is 9.78 Å². The van der Waals surface area contributed by atoms with Gasteiger partial charge in [-0.25, -0.2) is 0 Å². The molecule has 0 aliphatic carbocycles. The standard InChI is InChI=1S/C12H9BrClF3N2O/c1-19-10(9(14)5-18-19)11(20)6-2-3-8(13)7(4-6)12(15,16)17/h2-5,11,20H,1H3. The summed E-state index contributed by atoms with van der Waals surface area (Å²) in [4.78, 5) is 0. The van der Waals surface area contributed by atoms with E-state index in [-0.39, 0.29) is 20.8 Å². The SMILES string of the molecule is Cn1ncc(Cl)c1C(O)c1ccc(Br)c(C(F)(F)F)c1. The maximum Gasteiger partial charge on any atom is 0.417 e. The average Bonchev–Trinajstić information content (AvgIpc) is 2.67. The van der Waals surface area contributed by atoms with Crippen molar-refractivity contribution in [3.8, 4) is 0 Å². The number of alkyl halides is 3. The summed E-state index contributed by atoms with van der Waals surface area (Å²) in [6.07, 6.45) is -4.47. The van der Waals surface area contributed by atoms with Gasteiger partial charge in [-0.2, -0.15) is 18.3 Å². The highest BCUT2D eigenvalue weighted by Gasteiger charge is 2.34. The van der Waals surface area contributed by atoms with Crippen LogP contribution in [0.3, 0.4) is 0 Å². The summed E-state index contributed by atoms with van der Waals surface area (Å²) in [5.41, 5.74) is -0.527. The average molecular weight is 370 g/mol. The Morgan fingerprint density at radius 2 is 2.05 bits per heavy atom. The smallest absolute Gasteiger partial charge is 0.382 e. The quantitative estimate of drug-likeness (QED) is 0.871. The molecule has 1 atom stereocenters. The van der Waals surface area contributed by atoms with Gasteiger partial charge in [0, 0.05) is 11.5 Å². The van der Waals surface area contributed by atoms with Crippen LogP contribution < -0.4 is 0 Å². The van der Waals surface area contributed by atoms with Crippen LogP contribution in [0, 0.1) is 0 Å². The predicted molar refractivity (Wildman–Crippen MR) is 71.4 cm³/mol. The predicted octanol–water partition coefficient (Wildman–Crippen LogP) is 3.94. The number of halogens is 5. The Kier molecular flexibility index (Phi) is 4.13. The molecule has 1 heterocycles. The number of rotatable bonds is 2. The maximum absolute atomic E-state index is 12.8. The number of aryl methyl sites for hydroxylation is 1. The second-order valence-electron chi connectivity index (χ2n) is 4.14. The van der Waals surface area contributed by atoms with Crippen LogP contribution in [0.5, 0.6) is 0 Å². The fourth-order valence-corrected chi connectivity index (χ4v) is 2.56. The van der Waals surface area contributed by atoms with E-state index in [1.54, 1.807) is 7.05 Å². The van der Waals surface area contributed by atoms with E-state index in [2.05, 4.69) is 21.0 Å². The summed E-state index contributed by atoms with van der Waals surface area (Å²) in [7, 11) is 1.55. The number of aromatic nitrogens is 2. The number of aliphatic hydroxyl groups is 1. The van der Waals surface area contributed by atoms with E-state index in [1.807, 2.05) is 0 Å². The van der Waals surface area contributed by atoms with Crippen LogP contribution in [-0.2, 0) is 13.2 Å². The van der Waals surface area contributed by atoms with Crippen molar-refractivity contribution in [3.63, 3.8) is 0 Å². The van der Waals surface area contributed by atoms with Gasteiger partial charge >= 0.3 is 6.18 Å². The first kappa shape index (κ1) is 15.3. The van der Waals surface area contributed by atoms with Crippen LogP contribution in [0.4, 0.5) is 13.2 Å². The molecular formula is C12H9BrClF3N2O. The van der Waals surface area contributed by atoms with Crippen molar-refractivity contribution in [2.75, 3.05) is 0 Å². The van der Waals surface area contributed by atoms with Crippen molar-refractivity contribution in [1.29, 1.82) is 0 Å². The van der Waals surface area contributed by atoms with Crippen LogP contribution in [0.25, 0.3) is 0 Å². The minimum Gasteiger partial charge on any atom is -0.382 e. The molecule has 2 rings (SSSR count). The van der Waals surface area contributed by atoms with Gasteiger partial charge in [-0.15, -0.1) is 0 Å². The summed E-state index contributed by atoms with van der Waals surface area (Å²) in [6, 6.07) is 3.52. The van der Waals surface area contributed by atoms with E-state index in [4.69, 9.17) is 11.6 Å². The van der Waals surface area contributed by atoms with Gasteiger partial charge in [-0.05, 0) is 17.7 Å². The lowest BCUT2D eigenvalue weighted by Gasteiger charge is -2.15. The largest absolute Gasteiger partial charge is 0.417 e. The summed E-state index contributed by atoms with van der Waals surface area (Å²) >= 11 is 8.72. The molecule has 3 nitrogen and oxygen atoms in total. The lowest BCUT2D eigenvalue weighted by atomic mass is 10.0. The molecule has 1 unspecified atom stereocenters. The summed E-state index contributed by atoms with van der Waals surface area (Å²) in [6.45, 7) is 0. The fraction of sp³-hybridized carbons (Fsp3) is 0.250. The molecule has 8 heteroatoms. The first-order valence-corrected chi connectivity index (χ1v) is 6.61. The first-order valence-electron chi connectivity index (χ1n) is 5.44. The molecule has 108 valence electrons. The van der Waals surface area contributed by atoms with Gasteiger partial charge in [0.1, 0.15) is 6.10 Å². The van der Waals surface area contributed by atoms with E-state index >= 15 is 0 Å². The van der Waals surface area contributed by atoms with E-state index in [1.165, 1.54) is 23.0 Å². The Bertz CT molecular complexity index is 623. The van der Waals surface area contributed by atoms with Crippen LogP contribution in [0.1, 0.15) is 22.9 Å². The van der Waals surface area contributed by atoms with Crippen LogP contribution in [0.2, 0.25) is 5.02 Å². The molecule has 0 fully saturated rings. The second kappa shape index (κ2) is 5.38. The zero-order valence-electron chi connectivity index (χ0n) is 10.1. The Hall–Kier alpha value is -1.05. The molecule has 0 aliphatic rings. The molecule has 0 saturated carbocycles. The Labute approximate surface area is 126 Å². The topological polar surface area (TPSA) is 38.0 Å². The summed E-state index contributed by atoms with van der Waals surface area (Å²) in [5, 5.41) is 14.2. The van der Waals surface area contributed by atoms with Gasteiger partial charge in [0.15, 0.2) is 0 Å². The lowest BCUT2D eigenvalue weighted by molar-refractivity contribution is -0.138. The minimum absolute atomic E-state index is 0.0861. The number of hydrogen-bond acceptors (Lipinski definition) is 2. The van der Waals surface area contributed by atoms with Gasteiger partial charge < -0.3 is 5.11 Å². The van der Waals surface area contributed by atoms with Gasteiger partial charge in [0.2, 0.25) is 0 Å². The second-order valence-corrected chi connectivity index (χ2v) is 5.40. The molecule has 2 aromatic rings. The Morgan fingerprint density at radius 3 is 2.55 bits per heavy atom. The third-order valence-electron chi connectivity index (χ3n) is 2.81. The molecule has 0 radical (unpaired) electrons. The highest BCUT2D eigenvalue weighted by Crippen LogP contribution is 2.37. The highest BCUT2D eigenvalue weighted by atomic mass is 79.9. The molecular weight excluding hydrogens is 360 g/mol. The van der Waals surface area contributed by atoms with Gasteiger partial charge in [-0.1, -0.05) is 33.6 Å². The normalized spacial score (nSPS) is 13.6. The van der Waals surface area contributed by atoms with E-state index in [9.17, 15) is 18.3 Å². The number of nitrogens with zero attached hydrogens (tertiary/aromatic N) is 2. The van der Waals surface area contributed by atoms with Gasteiger partial charge in [-0.3, -0.25) is 4.68 Å². The van der Waals surface area contributed by atoms with Crippen molar-refractivity contribution in [2.45, 2.75) is 12.3 Å². The Morgan fingerprint density at radius 1 is 1.40 bits per heavy atom. The molecule has 0 amide bonds. The molecule has 1 N–H and O–H groups in total. The zero-order valence-corrected chi connectivity index (χ0v) is 12.5. The zero-order chi connectivity index (χ0) is 15.1. The molecule has 0 aliphatic heterocycles. The van der Waals surface area contributed by atoms with Gasteiger partial charge in [0.05, 0.1) is 22.5 Å². The van der Waals surface area contributed by atoms with Gasteiger partial charge in [0.25, 0.3) is 0 Å². The third kappa shape index (κ3) is 2.84. The van der Waals surface area contributed by atoms with E-state index in [0.717, 1.165) is 6.07 Å². The Balaban J connectivity index is 2.49. The van der Waals surface area contributed by atoms with Crippen molar-refractivity contribution in [3.05, 3.63) is 50.7 Å². The first-order chi connectivity index (χ1) is 9.21. The molecule has 20 heavy (non-hydrogen) atoms. The fourth-order valence-electron chi connectivity index (χ4n) is 1.82. The molecule has 0 saturated heterocycles. The van der Waals surface area contributed by atoms with Crippen molar-refractivity contribution in [2.24, 2.45) is 7.05 Å². The van der Waals surface area contributed by atoms with Crippen LogP contribution in [-0.4, -0.2) is 14.9 Å².